The van der Waals surface area contributed by atoms with Gasteiger partial charge >= 0.3 is 0 Å². The third kappa shape index (κ3) is 14.0. The number of rotatable bonds is 14. The highest BCUT2D eigenvalue weighted by atomic mass is 16.5. The number of hydrogen-bond donors (Lipinski definition) is 2. The van der Waals surface area contributed by atoms with Crippen LogP contribution in [0, 0.1) is 0 Å². The van der Waals surface area contributed by atoms with Gasteiger partial charge in [-0.3, -0.25) is 0 Å². The van der Waals surface area contributed by atoms with Crippen molar-refractivity contribution in [1.82, 2.24) is 5.32 Å². The van der Waals surface area contributed by atoms with Crippen molar-refractivity contribution in [2.45, 2.75) is 45.3 Å². The standard InChI is InChI=1S/C14H31NO4/c1-4-5-7-18-9-10-19-12-14(16)11-15-13(2)6-8-17-3/h13-16H,4-12H2,1-3H3. The van der Waals surface area contributed by atoms with Gasteiger partial charge in [0.25, 0.3) is 0 Å². The van der Waals surface area contributed by atoms with Gasteiger partial charge in [-0.25, -0.2) is 0 Å². The van der Waals surface area contributed by atoms with Crippen molar-refractivity contribution >= 4 is 0 Å². The van der Waals surface area contributed by atoms with E-state index in [1.54, 1.807) is 7.11 Å². The van der Waals surface area contributed by atoms with E-state index in [1.165, 1.54) is 0 Å². The van der Waals surface area contributed by atoms with Crippen molar-refractivity contribution in [3.8, 4) is 0 Å². The lowest BCUT2D eigenvalue weighted by atomic mass is 10.2. The molecule has 0 radical (unpaired) electrons. The second-order valence-electron chi connectivity index (χ2n) is 4.79. The Balaban J connectivity index is 3.27. The summed E-state index contributed by atoms with van der Waals surface area (Å²) in [5, 5.41) is 12.9. The van der Waals surface area contributed by atoms with Gasteiger partial charge in [-0.1, -0.05) is 13.3 Å². The topological polar surface area (TPSA) is 60.0 Å². The quantitative estimate of drug-likeness (QED) is 0.467. The van der Waals surface area contributed by atoms with Gasteiger partial charge in [0.1, 0.15) is 0 Å². The summed E-state index contributed by atoms with van der Waals surface area (Å²) in [7, 11) is 1.69. The summed E-state index contributed by atoms with van der Waals surface area (Å²) in [5.41, 5.74) is 0. The largest absolute Gasteiger partial charge is 0.389 e. The van der Waals surface area contributed by atoms with Crippen LogP contribution in [0.4, 0.5) is 0 Å². The average molecular weight is 277 g/mol. The van der Waals surface area contributed by atoms with E-state index < -0.39 is 6.10 Å². The Bertz CT molecular complexity index is 181. The van der Waals surface area contributed by atoms with Crippen LogP contribution < -0.4 is 5.32 Å². The summed E-state index contributed by atoms with van der Waals surface area (Å²) in [5.74, 6) is 0. The lowest BCUT2D eigenvalue weighted by Crippen LogP contribution is -2.36. The predicted octanol–water partition coefficient (Wildman–Crippen LogP) is 1.20. The number of nitrogens with one attached hydrogen (secondary N) is 1. The van der Waals surface area contributed by atoms with Crippen LogP contribution in [0.15, 0.2) is 0 Å². The molecule has 0 aliphatic carbocycles. The Morgan fingerprint density at radius 3 is 2.53 bits per heavy atom. The molecule has 0 fully saturated rings. The molecule has 2 atom stereocenters. The Labute approximate surface area is 117 Å². The molecule has 0 aliphatic heterocycles. The molecule has 0 spiro atoms. The van der Waals surface area contributed by atoms with Crippen molar-refractivity contribution in [3.63, 3.8) is 0 Å². The molecular formula is C14H31NO4. The minimum Gasteiger partial charge on any atom is -0.389 e. The van der Waals surface area contributed by atoms with Gasteiger partial charge in [-0.2, -0.15) is 0 Å². The molecule has 0 amide bonds. The molecule has 0 bridgehead atoms. The van der Waals surface area contributed by atoms with Crippen LogP contribution in [0.1, 0.15) is 33.1 Å². The molecule has 2 N–H and O–H groups in total. The molecule has 5 heteroatoms. The SMILES string of the molecule is CCCCOCCOCC(O)CNC(C)CCOC. The fourth-order valence-corrected chi connectivity index (χ4v) is 1.48. The zero-order valence-corrected chi connectivity index (χ0v) is 12.7. The Morgan fingerprint density at radius 2 is 1.84 bits per heavy atom. The van der Waals surface area contributed by atoms with Crippen LogP contribution in [-0.2, 0) is 14.2 Å². The van der Waals surface area contributed by atoms with Crippen molar-refractivity contribution in [3.05, 3.63) is 0 Å². The number of hydrogen-bond acceptors (Lipinski definition) is 5. The van der Waals surface area contributed by atoms with E-state index in [0.29, 0.717) is 32.4 Å². The molecule has 116 valence electrons. The molecule has 0 heterocycles. The fourth-order valence-electron chi connectivity index (χ4n) is 1.48. The number of methoxy groups -OCH3 is 1. The third-order valence-electron chi connectivity index (χ3n) is 2.78. The maximum absolute atomic E-state index is 9.70. The summed E-state index contributed by atoms with van der Waals surface area (Å²) < 4.78 is 15.7. The molecule has 0 aliphatic rings. The van der Waals surface area contributed by atoms with E-state index in [0.717, 1.165) is 32.5 Å². The van der Waals surface area contributed by atoms with Crippen molar-refractivity contribution in [2.24, 2.45) is 0 Å². The van der Waals surface area contributed by atoms with Crippen molar-refractivity contribution < 1.29 is 19.3 Å². The molecule has 0 rings (SSSR count). The molecule has 0 saturated carbocycles. The van der Waals surface area contributed by atoms with Gasteiger partial charge < -0.3 is 24.6 Å². The minimum atomic E-state index is -0.472. The summed E-state index contributed by atoms with van der Waals surface area (Å²) >= 11 is 0. The molecule has 0 aromatic rings. The number of unbranched alkanes of at least 4 members (excludes halogenated alkanes) is 1. The molecule has 0 saturated heterocycles. The van der Waals surface area contributed by atoms with E-state index in [2.05, 4.69) is 19.2 Å². The normalized spacial score (nSPS) is 14.5. The van der Waals surface area contributed by atoms with Crippen LogP contribution in [0.5, 0.6) is 0 Å². The minimum absolute atomic E-state index is 0.340. The fraction of sp³-hybridized carbons (Fsp3) is 1.00. The Morgan fingerprint density at radius 1 is 1.11 bits per heavy atom. The first kappa shape index (κ1) is 18.8. The first-order valence-corrected chi connectivity index (χ1v) is 7.26. The maximum Gasteiger partial charge on any atom is 0.0897 e. The molecule has 2 unspecified atom stereocenters. The summed E-state index contributed by atoms with van der Waals surface area (Å²) in [4.78, 5) is 0. The molecule has 0 aromatic heterocycles. The zero-order chi connectivity index (χ0) is 14.3. The van der Waals surface area contributed by atoms with Gasteiger partial charge in [0.2, 0.25) is 0 Å². The summed E-state index contributed by atoms with van der Waals surface area (Å²) in [6, 6.07) is 0.340. The monoisotopic (exact) mass is 277 g/mol. The Kier molecular flexibility index (Phi) is 14.1. The lowest BCUT2D eigenvalue weighted by Gasteiger charge is -2.17. The van der Waals surface area contributed by atoms with Gasteiger partial charge in [0.15, 0.2) is 0 Å². The molecule has 0 aromatic carbocycles. The van der Waals surface area contributed by atoms with Crippen LogP contribution in [0.2, 0.25) is 0 Å². The highest BCUT2D eigenvalue weighted by molar-refractivity contribution is 4.64. The first-order chi connectivity index (χ1) is 9.20. The lowest BCUT2D eigenvalue weighted by molar-refractivity contribution is 0.00310. The van der Waals surface area contributed by atoms with Gasteiger partial charge in [0, 0.05) is 32.9 Å². The highest BCUT2D eigenvalue weighted by Gasteiger charge is 2.07. The van der Waals surface area contributed by atoms with Crippen LogP contribution >= 0.6 is 0 Å². The highest BCUT2D eigenvalue weighted by Crippen LogP contribution is 1.93. The molecular weight excluding hydrogens is 246 g/mol. The van der Waals surface area contributed by atoms with Crippen molar-refractivity contribution in [2.75, 3.05) is 46.7 Å². The summed E-state index contributed by atoms with van der Waals surface area (Å²) in [6.45, 7) is 7.77. The smallest absolute Gasteiger partial charge is 0.0897 e. The Hall–Kier alpha value is -0.200. The van der Waals surface area contributed by atoms with E-state index >= 15 is 0 Å². The first-order valence-electron chi connectivity index (χ1n) is 7.26. The molecule has 19 heavy (non-hydrogen) atoms. The van der Waals surface area contributed by atoms with Crippen LogP contribution in [0.3, 0.4) is 0 Å². The number of ether oxygens (including phenoxy) is 3. The van der Waals surface area contributed by atoms with E-state index in [1.807, 2.05) is 0 Å². The second-order valence-corrected chi connectivity index (χ2v) is 4.79. The van der Waals surface area contributed by atoms with Gasteiger partial charge in [-0.15, -0.1) is 0 Å². The maximum atomic E-state index is 9.70. The van der Waals surface area contributed by atoms with Crippen molar-refractivity contribution in [1.29, 1.82) is 0 Å². The van der Waals surface area contributed by atoms with E-state index in [-0.39, 0.29) is 0 Å². The van der Waals surface area contributed by atoms with E-state index in [9.17, 15) is 5.11 Å². The second kappa shape index (κ2) is 14.2. The number of aliphatic hydroxyl groups is 1. The van der Waals surface area contributed by atoms with Gasteiger partial charge in [0.05, 0.1) is 25.9 Å². The van der Waals surface area contributed by atoms with Crippen LogP contribution in [0.25, 0.3) is 0 Å². The number of aliphatic hydroxyl groups excluding tert-OH is 1. The average Bonchev–Trinajstić information content (AvgIpc) is 2.41. The van der Waals surface area contributed by atoms with E-state index in [4.69, 9.17) is 14.2 Å². The summed E-state index contributed by atoms with van der Waals surface area (Å²) in [6.07, 6.45) is 2.70. The predicted molar refractivity (Wildman–Crippen MR) is 76.5 cm³/mol. The van der Waals surface area contributed by atoms with Crippen LogP contribution in [-0.4, -0.2) is 63.9 Å². The molecule has 5 nitrogen and oxygen atoms in total. The van der Waals surface area contributed by atoms with Gasteiger partial charge in [-0.05, 0) is 19.8 Å². The third-order valence-corrected chi connectivity index (χ3v) is 2.78. The zero-order valence-electron chi connectivity index (χ0n) is 12.7.